The zero-order chi connectivity index (χ0) is 20.7. The summed E-state index contributed by atoms with van der Waals surface area (Å²) in [6, 6.07) is 7.70. The minimum atomic E-state index is -0.686. The highest BCUT2D eigenvalue weighted by molar-refractivity contribution is 5.97. The number of piperidine rings is 1. The standard InChI is InChI=1S/C24H38N2O3/c1-19-16-20(2)18-26(17-19)14-15-29-22-10-8-21(9-11-22)25-23(27)24(28-3)12-6-4-5-7-13-24/h8-11,19-20H,4-7,12-18H2,1-3H3,(H,25,27). The quantitative estimate of drug-likeness (QED) is 0.671. The normalized spacial score (nSPS) is 25.2. The minimum Gasteiger partial charge on any atom is -0.492 e. The zero-order valence-corrected chi connectivity index (χ0v) is 18.4. The number of hydrogen-bond acceptors (Lipinski definition) is 4. The van der Waals surface area contributed by atoms with Crippen molar-refractivity contribution >= 4 is 11.6 Å². The Balaban J connectivity index is 1.47. The smallest absolute Gasteiger partial charge is 0.256 e. The van der Waals surface area contributed by atoms with Gasteiger partial charge in [-0.05, 0) is 55.4 Å². The van der Waals surface area contributed by atoms with E-state index in [1.165, 1.54) is 32.4 Å². The van der Waals surface area contributed by atoms with Crippen molar-refractivity contribution in [1.29, 1.82) is 0 Å². The van der Waals surface area contributed by atoms with Crippen molar-refractivity contribution in [1.82, 2.24) is 4.90 Å². The van der Waals surface area contributed by atoms with Gasteiger partial charge in [0.05, 0.1) is 0 Å². The summed E-state index contributed by atoms with van der Waals surface area (Å²) in [5.74, 6) is 2.36. The Kier molecular flexibility index (Phi) is 7.96. The first-order chi connectivity index (χ1) is 14.0. The van der Waals surface area contributed by atoms with Gasteiger partial charge in [-0.3, -0.25) is 9.69 Å². The number of nitrogens with one attached hydrogen (secondary N) is 1. The van der Waals surface area contributed by atoms with Crippen LogP contribution in [0, 0.1) is 11.8 Å². The molecule has 2 atom stereocenters. The van der Waals surface area contributed by atoms with E-state index < -0.39 is 5.60 Å². The first kappa shape index (κ1) is 22.1. The second kappa shape index (κ2) is 10.4. The second-order valence-corrected chi connectivity index (χ2v) is 9.15. The van der Waals surface area contributed by atoms with E-state index in [1.54, 1.807) is 7.11 Å². The van der Waals surface area contributed by atoms with Crippen LogP contribution in [0.2, 0.25) is 0 Å². The lowest BCUT2D eigenvalue weighted by atomic mass is 9.92. The molecular formula is C24H38N2O3. The van der Waals surface area contributed by atoms with E-state index in [4.69, 9.17) is 9.47 Å². The van der Waals surface area contributed by atoms with Crippen LogP contribution in [0.4, 0.5) is 5.69 Å². The molecule has 29 heavy (non-hydrogen) atoms. The van der Waals surface area contributed by atoms with E-state index in [-0.39, 0.29) is 5.91 Å². The average molecular weight is 403 g/mol. The molecule has 1 aliphatic heterocycles. The summed E-state index contributed by atoms with van der Waals surface area (Å²) in [5, 5.41) is 3.05. The number of rotatable bonds is 7. The first-order valence-electron chi connectivity index (χ1n) is 11.3. The van der Waals surface area contributed by atoms with E-state index in [0.717, 1.165) is 55.5 Å². The van der Waals surface area contributed by atoms with Crippen molar-refractivity contribution in [3.05, 3.63) is 24.3 Å². The van der Waals surface area contributed by atoms with Gasteiger partial charge in [0.1, 0.15) is 18.0 Å². The van der Waals surface area contributed by atoms with E-state index in [0.29, 0.717) is 6.61 Å². The molecule has 162 valence electrons. The number of hydrogen-bond donors (Lipinski definition) is 1. The molecule has 1 heterocycles. The third-order valence-electron chi connectivity index (χ3n) is 6.45. The fourth-order valence-electron chi connectivity index (χ4n) is 4.97. The molecule has 0 radical (unpaired) electrons. The van der Waals surface area contributed by atoms with Crippen molar-refractivity contribution in [2.45, 2.75) is 64.4 Å². The maximum absolute atomic E-state index is 12.9. The Morgan fingerprint density at radius 2 is 1.69 bits per heavy atom. The molecule has 1 amide bonds. The number of benzene rings is 1. The molecule has 2 aliphatic rings. The van der Waals surface area contributed by atoms with E-state index in [1.807, 2.05) is 24.3 Å². The lowest BCUT2D eigenvalue weighted by molar-refractivity contribution is -0.139. The molecule has 0 bridgehead atoms. The molecule has 1 aromatic rings. The van der Waals surface area contributed by atoms with Gasteiger partial charge < -0.3 is 14.8 Å². The molecule has 1 saturated heterocycles. The van der Waals surface area contributed by atoms with E-state index >= 15 is 0 Å². The third-order valence-corrected chi connectivity index (χ3v) is 6.45. The SMILES string of the molecule is COC1(C(=O)Nc2ccc(OCCN3CC(C)CC(C)C3)cc2)CCCCCC1. The topological polar surface area (TPSA) is 50.8 Å². The van der Waals surface area contributed by atoms with Crippen LogP contribution in [-0.2, 0) is 9.53 Å². The van der Waals surface area contributed by atoms with Gasteiger partial charge in [0, 0.05) is 32.4 Å². The Morgan fingerprint density at radius 1 is 1.07 bits per heavy atom. The predicted octanol–water partition coefficient (Wildman–Crippen LogP) is 4.72. The lowest BCUT2D eigenvalue weighted by Gasteiger charge is -2.34. The molecule has 1 N–H and O–H groups in total. The van der Waals surface area contributed by atoms with Gasteiger partial charge in [-0.1, -0.05) is 39.5 Å². The number of carbonyl (C=O) groups is 1. The Labute approximate surface area is 176 Å². The van der Waals surface area contributed by atoms with Crippen molar-refractivity contribution in [2.75, 3.05) is 38.7 Å². The molecule has 5 heteroatoms. The molecule has 5 nitrogen and oxygen atoms in total. The summed E-state index contributed by atoms with van der Waals surface area (Å²) in [7, 11) is 1.66. The van der Waals surface area contributed by atoms with Gasteiger partial charge in [-0.2, -0.15) is 0 Å². The van der Waals surface area contributed by atoms with Crippen molar-refractivity contribution < 1.29 is 14.3 Å². The number of methoxy groups -OCH3 is 1. The molecule has 3 rings (SSSR count). The summed E-state index contributed by atoms with van der Waals surface area (Å²) in [5.41, 5.74) is 0.107. The molecule has 1 aliphatic carbocycles. The van der Waals surface area contributed by atoms with Crippen LogP contribution in [0.3, 0.4) is 0 Å². The van der Waals surface area contributed by atoms with Gasteiger partial charge in [0.25, 0.3) is 5.91 Å². The minimum absolute atomic E-state index is 0.0242. The fraction of sp³-hybridized carbons (Fsp3) is 0.708. The highest BCUT2D eigenvalue weighted by atomic mass is 16.5. The summed E-state index contributed by atoms with van der Waals surface area (Å²) in [6.45, 7) is 8.65. The molecular weight excluding hydrogens is 364 g/mol. The molecule has 1 saturated carbocycles. The van der Waals surface area contributed by atoms with Gasteiger partial charge >= 0.3 is 0 Å². The van der Waals surface area contributed by atoms with Crippen LogP contribution in [0.5, 0.6) is 5.75 Å². The number of ether oxygens (including phenoxy) is 2. The lowest BCUT2D eigenvalue weighted by Crippen LogP contribution is -2.44. The van der Waals surface area contributed by atoms with Gasteiger partial charge in [-0.15, -0.1) is 0 Å². The number of anilines is 1. The van der Waals surface area contributed by atoms with Crippen LogP contribution >= 0.6 is 0 Å². The highest BCUT2D eigenvalue weighted by Gasteiger charge is 2.38. The number of amides is 1. The second-order valence-electron chi connectivity index (χ2n) is 9.15. The number of likely N-dealkylation sites (tertiary alicyclic amines) is 1. The van der Waals surface area contributed by atoms with Crippen LogP contribution in [0.1, 0.15) is 58.8 Å². The van der Waals surface area contributed by atoms with Crippen molar-refractivity contribution in [3.8, 4) is 5.75 Å². The largest absolute Gasteiger partial charge is 0.492 e. The monoisotopic (exact) mass is 402 g/mol. The maximum Gasteiger partial charge on any atom is 0.256 e. The summed E-state index contributed by atoms with van der Waals surface area (Å²) >= 11 is 0. The van der Waals surface area contributed by atoms with Crippen LogP contribution in [0.15, 0.2) is 24.3 Å². The summed E-state index contributed by atoms with van der Waals surface area (Å²) in [6.07, 6.45) is 7.37. The van der Waals surface area contributed by atoms with E-state index in [9.17, 15) is 4.79 Å². The molecule has 0 spiro atoms. The molecule has 2 unspecified atom stereocenters. The highest BCUT2D eigenvalue weighted by Crippen LogP contribution is 2.31. The summed E-state index contributed by atoms with van der Waals surface area (Å²) < 4.78 is 11.6. The third kappa shape index (κ3) is 6.19. The van der Waals surface area contributed by atoms with Crippen molar-refractivity contribution in [2.24, 2.45) is 11.8 Å². The van der Waals surface area contributed by atoms with Gasteiger partial charge in [0.15, 0.2) is 0 Å². The maximum atomic E-state index is 12.9. The van der Waals surface area contributed by atoms with Gasteiger partial charge in [0.2, 0.25) is 0 Å². The van der Waals surface area contributed by atoms with E-state index in [2.05, 4.69) is 24.1 Å². The molecule has 1 aromatic carbocycles. The summed E-state index contributed by atoms with van der Waals surface area (Å²) in [4.78, 5) is 15.4. The predicted molar refractivity (Wildman–Crippen MR) is 117 cm³/mol. The van der Waals surface area contributed by atoms with Gasteiger partial charge in [-0.25, -0.2) is 0 Å². The average Bonchev–Trinajstić information content (AvgIpc) is 2.95. The Hall–Kier alpha value is -1.59. The van der Waals surface area contributed by atoms with Crippen molar-refractivity contribution in [3.63, 3.8) is 0 Å². The molecule has 0 aromatic heterocycles. The Bertz CT molecular complexity index is 628. The zero-order valence-electron chi connectivity index (χ0n) is 18.4. The number of carbonyl (C=O) groups excluding carboxylic acids is 1. The Morgan fingerprint density at radius 3 is 2.28 bits per heavy atom. The van der Waals surface area contributed by atoms with Crippen LogP contribution < -0.4 is 10.1 Å². The molecule has 2 fully saturated rings. The number of nitrogens with zero attached hydrogens (tertiary/aromatic N) is 1. The van der Waals surface area contributed by atoms with Crippen LogP contribution in [0.25, 0.3) is 0 Å². The van der Waals surface area contributed by atoms with Crippen LogP contribution in [-0.4, -0.2) is 49.8 Å². The first-order valence-corrected chi connectivity index (χ1v) is 11.3. The fourth-order valence-corrected chi connectivity index (χ4v) is 4.97.